The summed E-state index contributed by atoms with van der Waals surface area (Å²) < 4.78 is 3.28. The molecular weight excluding hydrogens is 374 g/mol. The van der Waals surface area contributed by atoms with Crippen molar-refractivity contribution in [1.29, 1.82) is 0 Å². The lowest BCUT2D eigenvalue weighted by Gasteiger charge is -2.03. The highest BCUT2D eigenvalue weighted by Gasteiger charge is 2.23. The van der Waals surface area contributed by atoms with Crippen molar-refractivity contribution in [2.75, 3.05) is 0 Å². The van der Waals surface area contributed by atoms with E-state index < -0.39 is 5.91 Å². The zero-order valence-electron chi connectivity index (χ0n) is 16.3. The number of H-pyrrole nitrogens is 1. The normalized spacial score (nSPS) is 11.4. The lowest BCUT2D eigenvalue weighted by molar-refractivity contribution is 0.0990. The number of aromatic hydroxyl groups is 1. The highest BCUT2D eigenvalue weighted by atomic mass is 16.3. The first kappa shape index (κ1) is 18.6. The van der Waals surface area contributed by atoms with Crippen molar-refractivity contribution >= 4 is 11.4 Å². The molecule has 0 saturated carbocycles. The number of amides is 1. The van der Waals surface area contributed by atoms with Crippen LogP contribution < -0.4 is 5.73 Å². The van der Waals surface area contributed by atoms with E-state index in [0.717, 1.165) is 12.8 Å². The summed E-state index contributed by atoms with van der Waals surface area (Å²) in [5, 5.41) is 21.9. The minimum Gasteiger partial charge on any atom is -0.504 e. The first-order valence-corrected chi connectivity index (χ1v) is 9.24. The van der Waals surface area contributed by atoms with Gasteiger partial charge in [-0.15, -0.1) is 0 Å². The standard InChI is InChI=1S/C18H21N9O2/c1-4-5-6-27-13(14(28)10(3)25-27)17-22-16(23-24-17)12-11-7-20-9(2)8-26(11)18(21-12)15(19)29/h7-8,28H,4-6H2,1-3H3,(H2,19,29)(H,22,23,24). The van der Waals surface area contributed by atoms with Crippen LogP contribution in [-0.2, 0) is 6.54 Å². The number of nitrogens with zero attached hydrogens (tertiary/aromatic N) is 7. The molecule has 0 saturated heterocycles. The number of nitrogens with one attached hydrogen (secondary N) is 1. The van der Waals surface area contributed by atoms with Gasteiger partial charge in [-0.05, 0) is 20.3 Å². The molecule has 4 rings (SSSR count). The van der Waals surface area contributed by atoms with Crippen molar-refractivity contribution in [2.24, 2.45) is 5.73 Å². The highest BCUT2D eigenvalue weighted by Crippen LogP contribution is 2.31. The number of carbonyl (C=O) groups is 1. The molecule has 150 valence electrons. The highest BCUT2D eigenvalue weighted by molar-refractivity contribution is 5.92. The number of primary amides is 1. The quantitative estimate of drug-likeness (QED) is 0.448. The van der Waals surface area contributed by atoms with Crippen molar-refractivity contribution in [3.63, 3.8) is 0 Å². The number of imidazole rings is 1. The third-order valence-corrected chi connectivity index (χ3v) is 4.62. The second kappa shape index (κ2) is 7.00. The van der Waals surface area contributed by atoms with Crippen LogP contribution >= 0.6 is 0 Å². The van der Waals surface area contributed by atoms with Crippen molar-refractivity contribution < 1.29 is 9.90 Å². The van der Waals surface area contributed by atoms with Crippen LogP contribution in [0.15, 0.2) is 12.4 Å². The first-order chi connectivity index (χ1) is 13.9. The predicted octanol–water partition coefficient (Wildman–Crippen LogP) is 1.60. The summed E-state index contributed by atoms with van der Waals surface area (Å²) in [7, 11) is 0. The minimum absolute atomic E-state index is 0.0384. The monoisotopic (exact) mass is 395 g/mol. The number of aryl methyl sites for hydroxylation is 3. The molecule has 1 amide bonds. The van der Waals surface area contributed by atoms with Crippen molar-refractivity contribution in [3.8, 4) is 28.8 Å². The molecule has 0 aromatic carbocycles. The smallest absolute Gasteiger partial charge is 0.285 e. The maximum absolute atomic E-state index is 11.8. The van der Waals surface area contributed by atoms with Gasteiger partial charge < -0.3 is 10.8 Å². The Kier molecular flexibility index (Phi) is 4.49. The van der Waals surface area contributed by atoms with E-state index in [1.807, 2.05) is 0 Å². The van der Waals surface area contributed by atoms with E-state index in [1.165, 1.54) is 0 Å². The topological polar surface area (TPSA) is 153 Å². The molecule has 0 aliphatic heterocycles. The molecule has 0 aliphatic carbocycles. The van der Waals surface area contributed by atoms with Crippen LogP contribution in [0.5, 0.6) is 5.75 Å². The van der Waals surface area contributed by atoms with E-state index in [0.29, 0.717) is 40.7 Å². The van der Waals surface area contributed by atoms with Crippen LogP contribution in [0.2, 0.25) is 0 Å². The fraction of sp³-hybridized carbons (Fsp3) is 0.333. The van der Waals surface area contributed by atoms with Crippen LogP contribution in [0.25, 0.3) is 28.6 Å². The van der Waals surface area contributed by atoms with Gasteiger partial charge in [0, 0.05) is 12.7 Å². The molecule has 4 aromatic rings. The average Bonchev–Trinajstić information content (AvgIpc) is 3.36. The van der Waals surface area contributed by atoms with Gasteiger partial charge >= 0.3 is 0 Å². The summed E-state index contributed by atoms with van der Waals surface area (Å²) in [5.74, 6) is 0.0658. The summed E-state index contributed by atoms with van der Waals surface area (Å²) in [6.45, 7) is 6.25. The van der Waals surface area contributed by atoms with E-state index in [9.17, 15) is 9.90 Å². The maximum Gasteiger partial charge on any atom is 0.285 e. The van der Waals surface area contributed by atoms with E-state index in [1.54, 1.807) is 35.3 Å². The Morgan fingerprint density at radius 2 is 2.10 bits per heavy atom. The van der Waals surface area contributed by atoms with Gasteiger partial charge in [0.15, 0.2) is 11.6 Å². The lowest BCUT2D eigenvalue weighted by Crippen LogP contribution is -2.15. The Balaban J connectivity index is 1.83. The number of hydrogen-bond acceptors (Lipinski definition) is 7. The third-order valence-electron chi connectivity index (χ3n) is 4.62. The van der Waals surface area contributed by atoms with E-state index in [4.69, 9.17) is 5.73 Å². The number of aromatic amines is 1. The number of rotatable bonds is 6. The van der Waals surface area contributed by atoms with Gasteiger partial charge in [0.25, 0.3) is 5.91 Å². The molecule has 11 nitrogen and oxygen atoms in total. The molecule has 0 bridgehead atoms. The van der Waals surface area contributed by atoms with E-state index >= 15 is 0 Å². The zero-order chi connectivity index (χ0) is 20.7. The largest absolute Gasteiger partial charge is 0.504 e. The molecule has 0 radical (unpaired) electrons. The molecular formula is C18H21N9O2. The number of carbonyl (C=O) groups excluding carboxylic acids is 1. The number of fused-ring (bicyclic) bond motifs is 1. The van der Waals surface area contributed by atoms with Gasteiger partial charge in [-0.25, -0.2) is 9.97 Å². The molecule has 4 N–H and O–H groups in total. The molecule has 4 heterocycles. The SMILES string of the molecule is CCCCn1nc(C)c(O)c1-c1n[nH]c(-c2nc(C(N)=O)n3cc(C)ncc23)n1. The molecule has 0 spiro atoms. The fourth-order valence-corrected chi connectivity index (χ4v) is 3.17. The van der Waals surface area contributed by atoms with Crippen LogP contribution in [0.3, 0.4) is 0 Å². The lowest BCUT2D eigenvalue weighted by atomic mass is 10.3. The summed E-state index contributed by atoms with van der Waals surface area (Å²) in [4.78, 5) is 24.9. The van der Waals surface area contributed by atoms with Gasteiger partial charge in [0.2, 0.25) is 11.6 Å². The van der Waals surface area contributed by atoms with Gasteiger partial charge in [-0.1, -0.05) is 13.3 Å². The Bertz CT molecular complexity index is 1220. The Morgan fingerprint density at radius 1 is 1.31 bits per heavy atom. The Morgan fingerprint density at radius 3 is 2.83 bits per heavy atom. The minimum atomic E-state index is -0.664. The first-order valence-electron chi connectivity index (χ1n) is 9.24. The number of nitrogens with two attached hydrogens (primary N) is 1. The van der Waals surface area contributed by atoms with Gasteiger partial charge in [-0.3, -0.25) is 24.0 Å². The van der Waals surface area contributed by atoms with Crippen LogP contribution in [0.1, 0.15) is 41.8 Å². The summed E-state index contributed by atoms with van der Waals surface area (Å²) in [5.41, 5.74) is 8.08. The van der Waals surface area contributed by atoms with Crippen molar-refractivity contribution in [1.82, 2.24) is 39.3 Å². The number of unbranched alkanes of at least 4 members (excludes halogenated alkanes) is 1. The molecule has 0 unspecified atom stereocenters. The maximum atomic E-state index is 11.8. The average molecular weight is 395 g/mol. The van der Waals surface area contributed by atoms with Crippen molar-refractivity contribution in [3.05, 3.63) is 29.6 Å². The van der Waals surface area contributed by atoms with E-state index in [2.05, 4.69) is 37.2 Å². The van der Waals surface area contributed by atoms with Gasteiger partial charge in [0.05, 0.1) is 17.4 Å². The van der Waals surface area contributed by atoms with Gasteiger partial charge in [0.1, 0.15) is 17.1 Å². The number of aromatic nitrogens is 8. The predicted molar refractivity (Wildman–Crippen MR) is 104 cm³/mol. The summed E-state index contributed by atoms with van der Waals surface area (Å²) in [6, 6.07) is 0. The molecule has 29 heavy (non-hydrogen) atoms. The Labute approximate surface area is 165 Å². The Hall–Kier alpha value is -3.76. The molecule has 0 atom stereocenters. The second-order valence-electron chi connectivity index (χ2n) is 6.80. The van der Waals surface area contributed by atoms with Gasteiger partial charge in [-0.2, -0.15) is 10.2 Å². The van der Waals surface area contributed by atoms with Crippen LogP contribution in [-0.4, -0.2) is 50.3 Å². The summed E-state index contributed by atoms with van der Waals surface area (Å²) in [6.07, 6.45) is 5.17. The summed E-state index contributed by atoms with van der Waals surface area (Å²) >= 11 is 0. The van der Waals surface area contributed by atoms with Crippen LogP contribution in [0, 0.1) is 13.8 Å². The zero-order valence-corrected chi connectivity index (χ0v) is 16.3. The molecule has 0 aliphatic rings. The molecule has 4 aromatic heterocycles. The van der Waals surface area contributed by atoms with Crippen molar-refractivity contribution in [2.45, 2.75) is 40.2 Å². The molecule has 11 heteroatoms. The fourth-order valence-electron chi connectivity index (χ4n) is 3.17. The third kappa shape index (κ3) is 3.10. The van der Waals surface area contributed by atoms with E-state index in [-0.39, 0.29) is 17.4 Å². The molecule has 0 fully saturated rings. The number of hydrogen-bond donors (Lipinski definition) is 3. The second-order valence-corrected chi connectivity index (χ2v) is 6.80. The van der Waals surface area contributed by atoms with Crippen LogP contribution in [0.4, 0.5) is 0 Å².